The molecule has 0 aliphatic rings. The molecule has 92 valence electrons. The van der Waals surface area contributed by atoms with Crippen LogP contribution in [0, 0.1) is 18.3 Å². The summed E-state index contributed by atoms with van der Waals surface area (Å²) in [5, 5.41) is 15.4. The zero-order valence-electron chi connectivity index (χ0n) is 10.3. The molecule has 18 heavy (non-hydrogen) atoms. The van der Waals surface area contributed by atoms with E-state index in [4.69, 9.17) is 5.26 Å². The van der Waals surface area contributed by atoms with Crippen LogP contribution >= 0.6 is 11.3 Å². The van der Waals surface area contributed by atoms with E-state index < -0.39 is 0 Å². The average Bonchev–Trinajstić information content (AvgIpc) is 2.90. The van der Waals surface area contributed by atoms with Crippen molar-refractivity contribution in [3.05, 3.63) is 40.0 Å². The fraction of sp³-hybridized carbons (Fsp3) is 0.308. The third-order valence-corrected chi connectivity index (χ3v) is 3.51. The second kappa shape index (κ2) is 5.61. The summed E-state index contributed by atoms with van der Waals surface area (Å²) in [6.45, 7) is 4.00. The molecule has 1 N–H and O–H groups in total. The number of pyridine rings is 1. The second-order valence-corrected chi connectivity index (χ2v) is 4.86. The van der Waals surface area contributed by atoms with Gasteiger partial charge in [0.15, 0.2) is 0 Å². The average molecular weight is 258 g/mol. The summed E-state index contributed by atoms with van der Waals surface area (Å²) in [5.74, 6) is 0.638. The molecule has 0 aromatic carbocycles. The van der Waals surface area contributed by atoms with Gasteiger partial charge in [0, 0.05) is 17.3 Å². The highest BCUT2D eigenvalue weighted by Gasteiger charge is 2.14. The predicted molar refractivity (Wildman–Crippen MR) is 72.5 cm³/mol. The third kappa shape index (κ3) is 2.66. The number of nitrogens with zero attached hydrogens (tertiary/aromatic N) is 3. The number of anilines is 1. The quantitative estimate of drug-likeness (QED) is 0.914. The van der Waals surface area contributed by atoms with E-state index in [1.807, 2.05) is 18.4 Å². The Hall–Kier alpha value is -1.93. The van der Waals surface area contributed by atoms with Crippen LogP contribution in [0.15, 0.2) is 23.7 Å². The van der Waals surface area contributed by atoms with Gasteiger partial charge in [0.25, 0.3) is 0 Å². The van der Waals surface area contributed by atoms with E-state index in [-0.39, 0.29) is 6.04 Å². The molecule has 0 fully saturated rings. The normalized spacial score (nSPS) is 11.8. The molecule has 5 heteroatoms. The number of thiazole rings is 1. The summed E-state index contributed by atoms with van der Waals surface area (Å²) in [5.41, 5.74) is 1.46. The van der Waals surface area contributed by atoms with Crippen molar-refractivity contribution >= 4 is 17.2 Å². The summed E-state index contributed by atoms with van der Waals surface area (Å²) in [6.07, 6.45) is 2.69. The maximum absolute atomic E-state index is 9.08. The predicted octanol–water partition coefficient (Wildman–Crippen LogP) is 3.28. The molecular weight excluding hydrogens is 244 g/mol. The summed E-state index contributed by atoms with van der Waals surface area (Å²) >= 11 is 1.61. The fourth-order valence-electron chi connectivity index (χ4n) is 1.67. The van der Waals surface area contributed by atoms with Crippen LogP contribution in [0.2, 0.25) is 0 Å². The van der Waals surface area contributed by atoms with Gasteiger partial charge in [-0.05, 0) is 25.5 Å². The zero-order valence-corrected chi connectivity index (χ0v) is 11.2. The Kier molecular flexibility index (Phi) is 3.90. The van der Waals surface area contributed by atoms with Gasteiger partial charge < -0.3 is 5.32 Å². The van der Waals surface area contributed by atoms with Crippen molar-refractivity contribution in [2.75, 3.05) is 5.32 Å². The molecule has 0 radical (unpaired) electrons. The molecule has 2 aromatic heterocycles. The number of aromatic nitrogens is 2. The van der Waals surface area contributed by atoms with Crippen LogP contribution in [0.4, 0.5) is 5.82 Å². The minimum atomic E-state index is 0.103. The minimum absolute atomic E-state index is 0.103. The van der Waals surface area contributed by atoms with Gasteiger partial charge in [-0.3, -0.25) is 0 Å². The first kappa shape index (κ1) is 12.5. The van der Waals surface area contributed by atoms with Gasteiger partial charge in [0.05, 0.1) is 11.6 Å². The molecule has 2 rings (SSSR count). The van der Waals surface area contributed by atoms with Gasteiger partial charge in [0.1, 0.15) is 16.9 Å². The van der Waals surface area contributed by atoms with Crippen molar-refractivity contribution in [2.45, 2.75) is 26.3 Å². The SMILES string of the molecule is CCC(Nc1nc(C)ccc1C#N)c1nccs1. The zero-order chi connectivity index (χ0) is 13.0. The van der Waals surface area contributed by atoms with E-state index in [9.17, 15) is 0 Å². The second-order valence-electron chi connectivity index (χ2n) is 3.94. The van der Waals surface area contributed by atoms with Gasteiger partial charge in [-0.15, -0.1) is 11.3 Å². The van der Waals surface area contributed by atoms with Gasteiger partial charge in [-0.1, -0.05) is 6.92 Å². The van der Waals surface area contributed by atoms with Gasteiger partial charge in [-0.2, -0.15) is 5.26 Å². The van der Waals surface area contributed by atoms with Crippen molar-refractivity contribution < 1.29 is 0 Å². The van der Waals surface area contributed by atoms with Crippen molar-refractivity contribution in [3.8, 4) is 6.07 Å². The largest absolute Gasteiger partial charge is 0.360 e. The van der Waals surface area contributed by atoms with Crippen LogP contribution < -0.4 is 5.32 Å². The molecule has 0 aliphatic carbocycles. The topological polar surface area (TPSA) is 61.6 Å². The van der Waals surface area contributed by atoms with Gasteiger partial charge >= 0.3 is 0 Å². The fourth-order valence-corrected chi connectivity index (χ4v) is 2.44. The Morgan fingerprint density at radius 3 is 2.94 bits per heavy atom. The minimum Gasteiger partial charge on any atom is -0.360 e. The van der Waals surface area contributed by atoms with Crippen LogP contribution in [0.1, 0.15) is 35.7 Å². The molecular formula is C13H14N4S. The number of hydrogen-bond acceptors (Lipinski definition) is 5. The summed E-state index contributed by atoms with van der Waals surface area (Å²) in [4.78, 5) is 8.69. The Balaban J connectivity index is 2.27. The lowest BCUT2D eigenvalue weighted by Crippen LogP contribution is -2.12. The van der Waals surface area contributed by atoms with Crippen LogP contribution in [0.3, 0.4) is 0 Å². The Bertz CT molecular complexity index is 557. The van der Waals surface area contributed by atoms with E-state index in [0.717, 1.165) is 17.1 Å². The molecule has 2 aromatic rings. The molecule has 0 aliphatic heterocycles. The van der Waals surface area contributed by atoms with Crippen molar-refractivity contribution in [1.29, 1.82) is 5.26 Å². The van der Waals surface area contributed by atoms with Crippen molar-refractivity contribution in [3.63, 3.8) is 0 Å². The van der Waals surface area contributed by atoms with Crippen molar-refractivity contribution in [2.24, 2.45) is 0 Å². The van der Waals surface area contributed by atoms with Crippen molar-refractivity contribution in [1.82, 2.24) is 9.97 Å². The van der Waals surface area contributed by atoms with E-state index >= 15 is 0 Å². The van der Waals surface area contributed by atoms with E-state index in [1.165, 1.54) is 0 Å². The first-order valence-electron chi connectivity index (χ1n) is 5.78. The molecule has 4 nitrogen and oxygen atoms in total. The number of nitrogens with one attached hydrogen (secondary N) is 1. The number of nitriles is 1. The summed E-state index contributed by atoms with van der Waals surface area (Å²) in [6, 6.07) is 5.89. The third-order valence-electron chi connectivity index (χ3n) is 2.62. The lowest BCUT2D eigenvalue weighted by molar-refractivity contribution is 0.736. The molecule has 0 saturated heterocycles. The first-order valence-corrected chi connectivity index (χ1v) is 6.66. The lowest BCUT2D eigenvalue weighted by Gasteiger charge is -2.16. The van der Waals surface area contributed by atoms with E-state index in [0.29, 0.717) is 11.4 Å². The molecule has 2 heterocycles. The molecule has 0 spiro atoms. The van der Waals surface area contributed by atoms with Gasteiger partial charge in [0.2, 0.25) is 0 Å². The van der Waals surface area contributed by atoms with Crippen LogP contribution in [-0.4, -0.2) is 9.97 Å². The highest BCUT2D eigenvalue weighted by molar-refractivity contribution is 7.09. The maximum atomic E-state index is 9.08. The molecule has 1 atom stereocenters. The van der Waals surface area contributed by atoms with Crippen LogP contribution in [0.25, 0.3) is 0 Å². The lowest BCUT2D eigenvalue weighted by atomic mass is 10.2. The highest BCUT2D eigenvalue weighted by atomic mass is 32.1. The van der Waals surface area contributed by atoms with Gasteiger partial charge in [-0.25, -0.2) is 9.97 Å². The highest BCUT2D eigenvalue weighted by Crippen LogP contribution is 2.24. The monoisotopic (exact) mass is 258 g/mol. The number of hydrogen-bond donors (Lipinski definition) is 1. The number of rotatable bonds is 4. The Morgan fingerprint density at radius 1 is 1.50 bits per heavy atom. The summed E-state index contributed by atoms with van der Waals surface area (Å²) < 4.78 is 0. The van der Waals surface area contributed by atoms with E-state index in [1.54, 1.807) is 23.6 Å². The molecule has 0 bridgehead atoms. The van der Waals surface area contributed by atoms with E-state index in [2.05, 4.69) is 28.3 Å². The van der Waals surface area contributed by atoms with Crippen LogP contribution in [-0.2, 0) is 0 Å². The maximum Gasteiger partial charge on any atom is 0.144 e. The first-order chi connectivity index (χ1) is 8.74. The standard InChI is InChI=1S/C13H14N4S/c1-3-11(13-15-6-7-18-13)17-12-10(8-14)5-4-9(2)16-12/h4-7,11H,3H2,1-2H3,(H,16,17). The molecule has 0 saturated carbocycles. The Morgan fingerprint density at radius 2 is 2.33 bits per heavy atom. The summed E-state index contributed by atoms with van der Waals surface area (Å²) in [7, 11) is 0. The Labute approximate surface area is 110 Å². The molecule has 0 amide bonds. The number of aryl methyl sites for hydroxylation is 1. The smallest absolute Gasteiger partial charge is 0.144 e. The van der Waals surface area contributed by atoms with Crippen LogP contribution in [0.5, 0.6) is 0 Å². The molecule has 1 unspecified atom stereocenters.